The lowest BCUT2D eigenvalue weighted by atomic mass is 9.80. The van der Waals surface area contributed by atoms with Gasteiger partial charge < -0.3 is 11.1 Å². The Bertz CT molecular complexity index is 1080. The number of aromatic nitrogens is 2. The fourth-order valence-electron chi connectivity index (χ4n) is 4.63. The normalized spacial score (nSPS) is 20.9. The number of anilines is 1. The summed E-state index contributed by atoms with van der Waals surface area (Å²) in [6, 6.07) is 8.89. The molecule has 1 amide bonds. The van der Waals surface area contributed by atoms with E-state index in [0.29, 0.717) is 11.5 Å². The summed E-state index contributed by atoms with van der Waals surface area (Å²) in [6.45, 7) is 11.1. The third kappa shape index (κ3) is 3.39. The minimum absolute atomic E-state index is 0.137. The maximum Gasteiger partial charge on any atom is 0.252 e. The lowest BCUT2D eigenvalue weighted by Crippen LogP contribution is -2.35. The molecule has 3 aromatic rings. The van der Waals surface area contributed by atoms with Gasteiger partial charge in [-0.1, -0.05) is 50.1 Å². The van der Waals surface area contributed by atoms with Crippen LogP contribution in [-0.4, -0.2) is 21.6 Å². The van der Waals surface area contributed by atoms with Gasteiger partial charge in [0.2, 0.25) is 0 Å². The van der Waals surface area contributed by atoms with Gasteiger partial charge in [-0.15, -0.1) is 0 Å². The molecule has 1 aliphatic rings. The Morgan fingerprint density at radius 2 is 1.83 bits per heavy atom. The quantitative estimate of drug-likeness (QED) is 0.662. The smallest absolute Gasteiger partial charge is 0.252 e. The number of benzene rings is 1. The molecule has 5 nitrogen and oxygen atoms in total. The Kier molecular flexibility index (Phi) is 4.64. The lowest BCUT2D eigenvalue weighted by Gasteiger charge is -2.33. The van der Waals surface area contributed by atoms with Crippen molar-refractivity contribution in [1.82, 2.24) is 9.61 Å². The molecule has 29 heavy (non-hydrogen) atoms. The highest BCUT2D eigenvalue weighted by Gasteiger charge is 2.41. The van der Waals surface area contributed by atoms with Gasteiger partial charge in [0.25, 0.3) is 5.91 Å². The monoisotopic (exact) mass is 390 g/mol. The van der Waals surface area contributed by atoms with Crippen LogP contribution in [0.15, 0.2) is 36.7 Å². The largest absolute Gasteiger partial charge is 0.379 e. The van der Waals surface area contributed by atoms with Crippen molar-refractivity contribution in [1.29, 1.82) is 0 Å². The first-order chi connectivity index (χ1) is 13.7. The molecule has 4 rings (SSSR count). The van der Waals surface area contributed by atoms with Crippen molar-refractivity contribution in [3.63, 3.8) is 0 Å². The molecule has 2 heterocycles. The molecule has 3 N–H and O–H groups in total. The van der Waals surface area contributed by atoms with Crippen LogP contribution in [0.5, 0.6) is 0 Å². The van der Waals surface area contributed by atoms with Gasteiger partial charge in [0, 0.05) is 17.8 Å². The number of nitrogens with zero attached hydrogens (tertiary/aromatic N) is 2. The Morgan fingerprint density at radius 1 is 1.14 bits per heavy atom. The standard InChI is InChI=1S/C24H30N4O/c1-14-8-15(2)10-17(9-14)18-11-20-22(19(23(25)29)12-26-28(20)13-18)27-21-7-6-16(3)24(21,4)5/h8-13,16,21,27H,6-7H2,1-5H3,(H2,25,29)/t16?,21-/m1/s1. The Labute approximate surface area is 172 Å². The summed E-state index contributed by atoms with van der Waals surface area (Å²) in [5.41, 5.74) is 12.6. The first kappa shape index (κ1) is 19.5. The van der Waals surface area contributed by atoms with Crippen LogP contribution in [0.4, 0.5) is 5.69 Å². The molecule has 1 aromatic carbocycles. The van der Waals surface area contributed by atoms with E-state index in [1.165, 1.54) is 17.5 Å². The topological polar surface area (TPSA) is 72.4 Å². The van der Waals surface area contributed by atoms with Crippen LogP contribution in [0.3, 0.4) is 0 Å². The number of nitrogens with two attached hydrogens (primary N) is 1. The molecule has 1 fully saturated rings. The van der Waals surface area contributed by atoms with Crippen LogP contribution >= 0.6 is 0 Å². The van der Waals surface area contributed by atoms with Gasteiger partial charge in [-0.25, -0.2) is 4.52 Å². The zero-order valence-corrected chi connectivity index (χ0v) is 17.9. The van der Waals surface area contributed by atoms with Gasteiger partial charge in [0.05, 0.1) is 23.0 Å². The Morgan fingerprint density at radius 3 is 2.41 bits per heavy atom. The van der Waals surface area contributed by atoms with Gasteiger partial charge in [-0.2, -0.15) is 5.10 Å². The van der Waals surface area contributed by atoms with E-state index in [-0.39, 0.29) is 11.5 Å². The number of amides is 1. The first-order valence-corrected chi connectivity index (χ1v) is 10.3. The number of fused-ring (bicyclic) bond motifs is 1. The molecule has 152 valence electrons. The molecule has 0 spiro atoms. The van der Waals surface area contributed by atoms with Gasteiger partial charge in [-0.05, 0) is 49.7 Å². The molecule has 1 saturated carbocycles. The summed E-state index contributed by atoms with van der Waals surface area (Å²) in [6.07, 6.45) is 5.84. The van der Waals surface area contributed by atoms with E-state index in [4.69, 9.17) is 5.73 Å². The molecular weight excluding hydrogens is 360 g/mol. The Hall–Kier alpha value is -2.82. The van der Waals surface area contributed by atoms with Gasteiger partial charge in [0.15, 0.2) is 0 Å². The predicted octanol–water partition coefficient (Wildman–Crippen LogP) is 4.95. The molecule has 5 heteroatoms. The van der Waals surface area contributed by atoms with E-state index < -0.39 is 5.91 Å². The zero-order chi connectivity index (χ0) is 20.9. The summed E-state index contributed by atoms with van der Waals surface area (Å²) in [4.78, 5) is 12.2. The van der Waals surface area contributed by atoms with E-state index in [1.54, 1.807) is 6.20 Å². The van der Waals surface area contributed by atoms with Crippen LogP contribution in [0, 0.1) is 25.2 Å². The van der Waals surface area contributed by atoms with Crippen molar-refractivity contribution in [3.8, 4) is 11.1 Å². The van der Waals surface area contributed by atoms with Crippen LogP contribution < -0.4 is 11.1 Å². The van der Waals surface area contributed by atoms with Crippen molar-refractivity contribution in [2.45, 2.75) is 53.5 Å². The number of primary amides is 1. The summed E-state index contributed by atoms with van der Waals surface area (Å²) in [7, 11) is 0. The second kappa shape index (κ2) is 6.90. The van der Waals surface area contributed by atoms with E-state index in [0.717, 1.165) is 28.8 Å². The highest BCUT2D eigenvalue weighted by molar-refractivity contribution is 6.02. The van der Waals surface area contributed by atoms with E-state index >= 15 is 0 Å². The summed E-state index contributed by atoms with van der Waals surface area (Å²) in [5.74, 6) is 0.160. The molecule has 1 aliphatic carbocycles. The van der Waals surface area contributed by atoms with Crippen molar-refractivity contribution >= 4 is 17.1 Å². The number of hydrogen-bond donors (Lipinski definition) is 2. The predicted molar refractivity (Wildman–Crippen MR) is 118 cm³/mol. The molecule has 2 atom stereocenters. The molecule has 2 aromatic heterocycles. The molecule has 0 radical (unpaired) electrons. The second-order valence-corrected chi connectivity index (χ2v) is 9.23. The molecule has 1 unspecified atom stereocenters. The van der Waals surface area contributed by atoms with E-state index in [1.807, 2.05) is 10.7 Å². The number of aryl methyl sites for hydroxylation is 2. The maximum atomic E-state index is 12.2. The minimum atomic E-state index is -0.458. The van der Waals surface area contributed by atoms with Crippen molar-refractivity contribution in [3.05, 3.63) is 53.3 Å². The summed E-state index contributed by atoms with van der Waals surface area (Å²) in [5, 5.41) is 8.14. The second-order valence-electron chi connectivity index (χ2n) is 9.23. The third-order valence-corrected chi connectivity index (χ3v) is 6.83. The van der Waals surface area contributed by atoms with Crippen molar-refractivity contribution in [2.24, 2.45) is 17.1 Å². The summed E-state index contributed by atoms with van der Waals surface area (Å²) < 4.78 is 1.84. The van der Waals surface area contributed by atoms with E-state index in [2.05, 4.69) is 69.3 Å². The molecule has 0 saturated heterocycles. The van der Waals surface area contributed by atoms with Crippen LogP contribution in [-0.2, 0) is 0 Å². The number of rotatable bonds is 4. The zero-order valence-electron chi connectivity index (χ0n) is 17.9. The third-order valence-electron chi connectivity index (χ3n) is 6.83. The fourth-order valence-corrected chi connectivity index (χ4v) is 4.63. The number of carbonyl (C=O) groups excluding carboxylic acids is 1. The fraction of sp³-hybridized carbons (Fsp3) is 0.417. The van der Waals surface area contributed by atoms with Gasteiger partial charge >= 0.3 is 0 Å². The maximum absolute atomic E-state index is 12.2. The highest BCUT2D eigenvalue weighted by atomic mass is 16.1. The molecule has 0 bridgehead atoms. The van der Waals surface area contributed by atoms with Gasteiger partial charge in [0.1, 0.15) is 0 Å². The average molecular weight is 391 g/mol. The van der Waals surface area contributed by atoms with Crippen LogP contribution in [0.1, 0.15) is 55.1 Å². The number of carbonyl (C=O) groups is 1. The number of nitrogens with one attached hydrogen (secondary N) is 1. The Balaban J connectivity index is 1.84. The lowest BCUT2D eigenvalue weighted by molar-refractivity contribution is 0.100. The van der Waals surface area contributed by atoms with Crippen molar-refractivity contribution in [2.75, 3.05) is 5.32 Å². The van der Waals surface area contributed by atoms with E-state index in [9.17, 15) is 4.79 Å². The average Bonchev–Trinajstić information content (AvgIpc) is 3.17. The van der Waals surface area contributed by atoms with Crippen LogP contribution in [0.25, 0.3) is 16.6 Å². The van der Waals surface area contributed by atoms with Crippen LogP contribution in [0.2, 0.25) is 0 Å². The minimum Gasteiger partial charge on any atom is -0.379 e. The highest BCUT2D eigenvalue weighted by Crippen LogP contribution is 2.44. The number of hydrogen-bond acceptors (Lipinski definition) is 3. The molecular formula is C24H30N4O. The summed E-state index contributed by atoms with van der Waals surface area (Å²) >= 11 is 0. The first-order valence-electron chi connectivity index (χ1n) is 10.3. The van der Waals surface area contributed by atoms with Gasteiger partial charge in [-0.3, -0.25) is 4.79 Å². The van der Waals surface area contributed by atoms with Crippen molar-refractivity contribution < 1.29 is 4.79 Å². The SMILES string of the molecule is Cc1cc(C)cc(-c2cc3c(N[C@@H]4CCC(C)C4(C)C)c(C(N)=O)cnn3c2)c1. The molecule has 0 aliphatic heterocycles.